The number of rotatable bonds is 5. The summed E-state index contributed by atoms with van der Waals surface area (Å²) in [6.45, 7) is -0.184. The molecule has 0 fully saturated rings. The zero-order valence-corrected chi connectivity index (χ0v) is 14.6. The molecule has 2 rings (SSSR count). The number of hydrogen-bond acceptors (Lipinski definition) is 3. The van der Waals surface area contributed by atoms with Crippen molar-refractivity contribution < 1.29 is 14.3 Å². The molecule has 0 saturated carbocycles. The van der Waals surface area contributed by atoms with E-state index in [1.165, 1.54) is 7.11 Å². The van der Waals surface area contributed by atoms with Gasteiger partial charge in [-0.3, -0.25) is 4.79 Å². The van der Waals surface area contributed by atoms with Crippen molar-refractivity contribution in [3.63, 3.8) is 0 Å². The Morgan fingerprint density at radius 2 is 1.91 bits per heavy atom. The third-order valence-electron chi connectivity index (χ3n) is 2.69. The van der Waals surface area contributed by atoms with Crippen LogP contribution in [0.15, 0.2) is 40.9 Å². The van der Waals surface area contributed by atoms with E-state index in [2.05, 4.69) is 21.2 Å². The van der Waals surface area contributed by atoms with Crippen LogP contribution in [0.3, 0.4) is 0 Å². The van der Waals surface area contributed by atoms with Gasteiger partial charge in [-0.25, -0.2) is 0 Å². The number of carbonyl (C=O) groups is 1. The molecule has 1 amide bonds. The number of amides is 1. The number of halogens is 3. The summed E-state index contributed by atoms with van der Waals surface area (Å²) in [6, 6.07) is 10.1. The number of benzene rings is 2. The van der Waals surface area contributed by atoms with Gasteiger partial charge in [0.2, 0.25) is 0 Å². The minimum atomic E-state index is -0.348. The molecule has 0 spiro atoms. The lowest BCUT2D eigenvalue weighted by Gasteiger charge is -2.12. The summed E-state index contributed by atoms with van der Waals surface area (Å²) in [7, 11) is 1.51. The van der Waals surface area contributed by atoms with Crippen LogP contribution in [-0.2, 0) is 4.79 Å². The van der Waals surface area contributed by atoms with Crippen molar-refractivity contribution in [2.75, 3.05) is 19.0 Å². The van der Waals surface area contributed by atoms with E-state index in [4.69, 9.17) is 32.7 Å². The van der Waals surface area contributed by atoms with E-state index in [0.717, 1.165) is 4.47 Å². The van der Waals surface area contributed by atoms with Crippen LogP contribution in [0.1, 0.15) is 0 Å². The second-order valence-corrected chi connectivity index (χ2v) is 6.02. The van der Waals surface area contributed by atoms with Crippen LogP contribution in [0, 0.1) is 0 Å². The van der Waals surface area contributed by atoms with Crippen LogP contribution in [0.4, 0.5) is 5.69 Å². The third-order valence-corrected chi connectivity index (χ3v) is 3.71. The van der Waals surface area contributed by atoms with Crippen molar-refractivity contribution in [1.29, 1.82) is 0 Å². The van der Waals surface area contributed by atoms with Crippen LogP contribution in [0.25, 0.3) is 0 Å². The first-order valence-corrected chi connectivity index (χ1v) is 7.75. The van der Waals surface area contributed by atoms with Gasteiger partial charge in [-0.1, -0.05) is 39.1 Å². The van der Waals surface area contributed by atoms with Gasteiger partial charge in [0.15, 0.2) is 6.61 Å². The van der Waals surface area contributed by atoms with Gasteiger partial charge < -0.3 is 14.8 Å². The van der Waals surface area contributed by atoms with Crippen molar-refractivity contribution in [2.45, 2.75) is 0 Å². The lowest BCUT2D eigenvalue weighted by atomic mass is 10.3. The van der Waals surface area contributed by atoms with Gasteiger partial charge in [0.25, 0.3) is 5.91 Å². The van der Waals surface area contributed by atoms with Gasteiger partial charge in [-0.05, 0) is 36.4 Å². The predicted molar refractivity (Wildman–Crippen MR) is 91.3 cm³/mol. The summed E-state index contributed by atoms with van der Waals surface area (Å²) < 4.78 is 11.4. The lowest BCUT2D eigenvalue weighted by Crippen LogP contribution is -2.20. The second-order valence-electron chi connectivity index (χ2n) is 4.26. The quantitative estimate of drug-likeness (QED) is 0.779. The van der Waals surface area contributed by atoms with Crippen molar-refractivity contribution >= 4 is 50.7 Å². The normalized spacial score (nSPS) is 10.2. The highest BCUT2D eigenvalue weighted by Crippen LogP contribution is 2.29. The fraction of sp³-hybridized carbons (Fsp3) is 0.133. The maximum atomic E-state index is 12.0. The van der Waals surface area contributed by atoms with Gasteiger partial charge in [0.1, 0.15) is 11.5 Å². The summed E-state index contributed by atoms with van der Waals surface area (Å²) in [5, 5.41) is 3.59. The van der Waals surface area contributed by atoms with E-state index in [1.54, 1.807) is 36.4 Å². The van der Waals surface area contributed by atoms with Crippen molar-refractivity contribution in [1.82, 2.24) is 0 Å². The Labute approximate surface area is 146 Å². The number of hydrogen-bond donors (Lipinski definition) is 1. The van der Waals surface area contributed by atoms with Gasteiger partial charge in [0, 0.05) is 9.50 Å². The van der Waals surface area contributed by atoms with Crippen LogP contribution >= 0.6 is 39.1 Å². The molecule has 2 aromatic rings. The number of nitrogens with one attached hydrogen (secondary N) is 1. The molecule has 22 heavy (non-hydrogen) atoms. The third kappa shape index (κ3) is 4.53. The Bertz CT molecular complexity index is 694. The molecule has 0 radical (unpaired) electrons. The van der Waals surface area contributed by atoms with Crippen LogP contribution in [0.5, 0.6) is 11.5 Å². The summed E-state index contributed by atoms with van der Waals surface area (Å²) in [4.78, 5) is 12.0. The predicted octanol–water partition coefficient (Wildman–Crippen LogP) is 4.78. The lowest BCUT2D eigenvalue weighted by molar-refractivity contribution is -0.118. The highest BCUT2D eigenvalue weighted by molar-refractivity contribution is 9.10. The molecular formula is C15H12BrCl2NO3. The molecule has 0 aliphatic heterocycles. The van der Waals surface area contributed by atoms with Crippen molar-refractivity contribution in [3.8, 4) is 11.5 Å². The first kappa shape index (κ1) is 16.9. The molecule has 7 heteroatoms. The minimum absolute atomic E-state index is 0.184. The van der Waals surface area contributed by atoms with Crippen LogP contribution in [-0.4, -0.2) is 19.6 Å². The number of carbonyl (C=O) groups excluding carboxylic acids is 1. The Hall–Kier alpha value is -1.43. The van der Waals surface area contributed by atoms with E-state index < -0.39 is 0 Å². The molecule has 0 bridgehead atoms. The van der Waals surface area contributed by atoms with E-state index in [9.17, 15) is 4.79 Å². The van der Waals surface area contributed by atoms with Gasteiger partial charge in [0.05, 0.1) is 17.8 Å². The smallest absolute Gasteiger partial charge is 0.262 e. The van der Waals surface area contributed by atoms with Gasteiger partial charge >= 0.3 is 0 Å². The van der Waals surface area contributed by atoms with E-state index >= 15 is 0 Å². The molecule has 0 heterocycles. The Kier molecular flexibility index (Phi) is 5.94. The molecule has 116 valence electrons. The average Bonchev–Trinajstić information content (AvgIpc) is 2.46. The number of ether oxygens (including phenoxy) is 2. The van der Waals surface area contributed by atoms with Crippen molar-refractivity contribution in [3.05, 3.63) is 50.9 Å². The zero-order valence-electron chi connectivity index (χ0n) is 11.5. The molecule has 0 unspecified atom stereocenters. The molecule has 4 nitrogen and oxygen atoms in total. The SMILES string of the molecule is COc1ccc(Cl)cc1NC(=O)COc1ccc(Br)cc1Cl. The van der Waals surface area contributed by atoms with Crippen LogP contribution < -0.4 is 14.8 Å². The van der Waals surface area contributed by atoms with Crippen LogP contribution in [0.2, 0.25) is 10.0 Å². The van der Waals surface area contributed by atoms with E-state index in [1.807, 2.05) is 0 Å². The largest absolute Gasteiger partial charge is 0.495 e. The summed E-state index contributed by atoms with van der Waals surface area (Å²) in [5.41, 5.74) is 0.477. The fourth-order valence-electron chi connectivity index (χ4n) is 1.70. The monoisotopic (exact) mass is 403 g/mol. The molecule has 0 atom stereocenters. The first-order valence-electron chi connectivity index (χ1n) is 6.21. The maximum absolute atomic E-state index is 12.0. The molecule has 1 N–H and O–H groups in total. The highest BCUT2D eigenvalue weighted by Gasteiger charge is 2.10. The topological polar surface area (TPSA) is 47.6 Å². The maximum Gasteiger partial charge on any atom is 0.262 e. The number of methoxy groups -OCH3 is 1. The molecule has 0 saturated heterocycles. The second kappa shape index (κ2) is 7.72. The molecule has 0 aliphatic rings. The van der Waals surface area contributed by atoms with Gasteiger partial charge in [-0.15, -0.1) is 0 Å². The molecule has 0 aromatic heterocycles. The first-order chi connectivity index (χ1) is 10.5. The number of anilines is 1. The van der Waals surface area contributed by atoms with E-state index in [-0.39, 0.29) is 12.5 Å². The zero-order chi connectivity index (χ0) is 16.1. The standard InChI is InChI=1S/C15H12BrCl2NO3/c1-21-14-5-3-10(17)7-12(14)19-15(20)8-22-13-4-2-9(16)6-11(13)18/h2-7H,8H2,1H3,(H,19,20). The molecule has 2 aromatic carbocycles. The minimum Gasteiger partial charge on any atom is -0.495 e. The summed E-state index contributed by atoms with van der Waals surface area (Å²) >= 11 is 15.2. The van der Waals surface area contributed by atoms with Gasteiger partial charge in [-0.2, -0.15) is 0 Å². The summed E-state index contributed by atoms with van der Waals surface area (Å²) in [5.74, 6) is 0.594. The average molecular weight is 405 g/mol. The highest BCUT2D eigenvalue weighted by atomic mass is 79.9. The summed E-state index contributed by atoms with van der Waals surface area (Å²) in [6.07, 6.45) is 0. The Balaban J connectivity index is 2.00. The fourth-order valence-corrected chi connectivity index (χ4v) is 2.60. The molecular weight excluding hydrogens is 393 g/mol. The Morgan fingerprint density at radius 3 is 2.59 bits per heavy atom. The van der Waals surface area contributed by atoms with Crippen molar-refractivity contribution in [2.24, 2.45) is 0 Å². The molecule has 0 aliphatic carbocycles. The Morgan fingerprint density at radius 1 is 1.18 bits per heavy atom. The van der Waals surface area contributed by atoms with E-state index in [0.29, 0.717) is 27.2 Å².